The predicted octanol–water partition coefficient (Wildman–Crippen LogP) is -1.80. The molecule has 1 aromatic rings. The second kappa shape index (κ2) is 11.3. The van der Waals surface area contributed by atoms with Gasteiger partial charge in [-0.3, -0.25) is 19.2 Å². The molecule has 1 heterocycles. The third-order valence-electron chi connectivity index (χ3n) is 5.32. The van der Waals surface area contributed by atoms with E-state index < -0.39 is 53.8 Å². The van der Waals surface area contributed by atoms with Crippen LogP contribution in [0.25, 0.3) is 0 Å². The fraction of sp³-hybridized carbons (Fsp3) is 0.476. The number of carboxylic acid groups (broad SMARTS) is 1. The number of carboxylic acids is 1. The molecule has 1 aliphatic rings. The van der Waals surface area contributed by atoms with E-state index in [0.29, 0.717) is 18.4 Å². The molecular formula is C21H29N5O7. The number of phenolic OH excluding ortho intramolecular Hbond substituents is 1. The van der Waals surface area contributed by atoms with Gasteiger partial charge in [0, 0.05) is 13.0 Å². The molecule has 12 heteroatoms. The zero-order chi connectivity index (χ0) is 24.7. The number of nitrogens with zero attached hydrogens (tertiary/aromatic N) is 1. The molecule has 8 N–H and O–H groups in total. The molecule has 1 fully saturated rings. The summed E-state index contributed by atoms with van der Waals surface area (Å²) in [5.74, 6) is -3.83. The highest BCUT2D eigenvalue weighted by Gasteiger charge is 2.38. The summed E-state index contributed by atoms with van der Waals surface area (Å²) in [6.45, 7) is 1.69. The van der Waals surface area contributed by atoms with Crippen LogP contribution in [0.5, 0.6) is 5.75 Å². The first-order valence-electron chi connectivity index (χ1n) is 10.5. The first-order chi connectivity index (χ1) is 15.5. The van der Waals surface area contributed by atoms with Crippen molar-refractivity contribution in [3.63, 3.8) is 0 Å². The number of benzene rings is 1. The number of aliphatic carboxylic acids is 1. The van der Waals surface area contributed by atoms with Crippen molar-refractivity contribution in [2.45, 2.75) is 56.8 Å². The maximum Gasteiger partial charge on any atom is 0.326 e. The Hall–Kier alpha value is -3.67. The van der Waals surface area contributed by atoms with E-state index in [2.05, 4.69) is 10.6 Å². The molecule has 2 rings (SSSR count). The molecule has 1 aromatic carbocycles. The quantitative estimate of drug-likeness (QED) is 0.233. The first kappa shape index (κ1) is 25.6. The molecule has 4 atom stereocenters. The summed E-state index contributed by atoms with van der Waals surface area (Å²) in [4.78, 5) is 61.6. The zero-order valence-electron chi connectivity index (χ0n) is 18.2. The smallest absolute Gasteiger partial charge is 0.326 e. The van der Waals surface area contributed by atoms with E-state index in [-0.39, 0.29) is 25.1 Å². The number of rotatable bonds is 10. The Balaban J connectivity index is 2.01. The molecule has 0 bridgehead atoms. The second-order valence-corrected chi connectivity index (χ2v) is 7.97. The molecule has 1 aliphatic heterocycles. The van der Waals surface area contributed by atoms with E-state index in [1.165, 1.54) is 24.0 Å². The standard InChI is InChI=1S/C21H29N5O7/c1-11(24-18(29)14(22)10-17(23)28)20(31)26-8-2-3-16(26)19(30)25-15(21(32)33)9-12-4-6-13(27)7-5-12/h4-7,11,14-16,27H,2-3,8-10,22H2,1H3,(H2,23,28)(H,24,29)(H,25,30)(H,32,33). The van der Waals surface area contributed by atoms with E-state index in [9.17, 15) is 34.2 Å². The number of amides is 4. The summed E-state index contributed by atoms with van der Waals surface area (Å²) in [7, 11) is 0. The minimum atomic E-state index is -1.24. The summed E-state index contributed by atoms with van der Waals surface area (Å²) in [6, 6.07) is 1.59. The number of carbonyl (C=O) groups excluding carboxylic acids is 4. The first-order valence-corrected chi connectivity index (χ1v) is 10.5. The van der Waals surface area contributed by atoms with E-state index in [1.54, 1.807) is 12.1 Å². The Morgan fingerprint density at radius 2 is 1.79 bits per heavy atom. The van der Waals surface area contributed by atoms with Crippen LogP contribution in [-0.4, -0.2) is 75.4 Å². The van der Waals surface area contributed by atoms with Gasteiger partial charge in [0.15, 0.2) is 0 Å². The molecule has 0 radical (unpaired) electrons. The maximum absolute atomic E-state index is 12.8. The zero-order valence-corrected chi connectivity index (χ0v) is 18.2. The predicted molar refractivity (Wildman–Crippen MR) is 116 cm³/mol. The molecule has 0 spiro atoms. The molecule has 4 unspecified atom stereocenters. The van der Waals surface area contributed by atoms with E-state index in [0.717, 1.165) is 0 Å². The lowest BCUT2D eigenvalue weighted by Gasteiger charge is -2.28. The van der Waals surface area contributed by atoms with Crippen molar-refractivity contribution in [3.05, 3.63) is 29.8 Å². The molecule has 12 nitrogen and oxygen atoms in total. The molecule has 1 saturated heterocycles. The number of carbonyl (C=O) groups is 5. The van der Waals surface area contributed by atoms with Crippen LogP contribution in [0.3, 0.4) is 0 Å². The van der Waals surface area contributed by atoms with Crippen LogP contribution in [-0.2, 0) is 30.4 Å². The van der Waals surface area contributed by atoms with Crippen molar-refractivity contribution in [3.8, 4) is 5.75 Å². The van der Waals surface area contributed by atoms with Crippen LogP contribution in [0.2, 0.25) is 0 Å². The monoisotopic (exact) mass is 463 g/mol. The lowest BCUT2D eigenvalue weighted by molar-refractivity contribution is -0.144. The van der Waals surface area contributed by atoms with Gasteiger partial charge in [0.1, 0.15) is 23.9 Å². The number of phenols is 1. The van der Waals surface area contributed by atoms with Crippen molar-refractivity contribution in [1.82, 2.24) is 15.5 Å². The molecule has 0 aliphatic carbocycles. The van der Waals surface area contributed by atoms with Crippen LogP contribution in [0.1, 0.15) is 31.7 Å². The highest BCUT2D eigenvalue weighted by molar-refractivity contribution is 5.95. The Morgan fingerprint density at radius 1 is 1.15 bits per heavy atom. The number of hydrogen-bond acceptors (Lipinski definition) is 7. The fourth-order valence-corrected chi connectivity index (χ4v) is 3.58. The molecular weight excluding hydrogens is 434 g/mol. The van der Waals surface area contributed by atoms with E-state index >= 15 is 0 Å². The minimum absolute atomic E-state index is 0.00771. The number of nitrogens with one attached hydrogen (secondary N) is 2. The molecule has 33 heavy (non-hydrogen) atoms. The molecule has 0 saturated carbocycles. The highest BCUT2D eigenvalue weighted by Crippen LogP contribution is 2.19. The van der Waals surface area contributed by atoms with Crippen molar-refractivity contribution in [2.24, 2.45) is 11.5 Å². The molecule has 4 amide bonds. The number of hydrogen-bond donors (Lipinski definition) is 6. The van der Waals surface area contributed by atoms with Gasteiger partial charge >= 0.3 is 5.97 Å². The lowest BCUT2D eigenvalue weighted by Crippen LogP contribution is -2.56. The average molecular weight is 463 g/mol. The van der Waals surface area contributed by atoms with Gasteiger partial charge in [0.25, 0.3) is 0 Å². The van der Waals surface area contributed by atoms with Crippen molar-refractivity contribution >= 4 is 29.6 Å². The van der Waals surface area contributed by atoms with Gasteiger partial charge in [0.05, 0.1) is 12.5 Å². The van der Waals surface area contributed by atoms with E-state index in [1.807, 2.05) is 0 Å². The largest absolute Gasteiger partial charge is 0.508 e. The number of primary amides is 1. The minimum Gasteiger partial charge on any atom is -0.508 e. The molecule has 0 aromatic heterocycles. The average Bonchev–Trinajstić information content (AvgIpc) is 3.23. The van der Waals surface area contributed by atoms with Gasteiger partial charge in [0.2, 0.25) is 23.6 Å². The topological polar surface area (TPSA) is 205 Å². The second-order valence-electron chi connectivity index (χ2n) is 7.97. The van der Waals surface area contributed by atoms with Gasteiger partial charge in [-0.25, -0.2) is 4.79 Å². The van der Waals surface area contributed by atoms with Crippen LogP contribution in [0.4, 0.5) is 0 Å². The maximum atomic E-state index is 12.8. The Labute approximate surface area is 190 Å². The molecule has 180 valence electrons. The lowest BCUT2D eigenvalue weighted by atomic mass is 10.0. The van der Waals surface area contributed by atoms with Crippen LogP contribution in [0.15, 0.2) is 24.3 Å². The normalized spacial score (nSPS) is 18.1. The van der Waals surface area contributed by atoms with Gasteiger partial charge in [-0.1, -0.05) is 12.1 Å². The Bertz CT molecular complexity index is 905. The highest BCUT2D eigenvalue weighted by atomic mass is 16.4. The summed E-state index contributed by atoms with van der Waals surface area (Å²) >= 11 is 0. The summed E-state index contributed by atoms with van der Waals surface area (Å²) in [5, 5.41) is 23.8. The third kappa shape index (κ3) is 7.17. The SMILES string of the molecule is CC(NC(=O)C(N)CC(N)=O)C(=O)N1CCCC1C(=O)NC(Cc1ccc(O)cc1)C(=O)O. The summed E-state index contributed by atoms with van der Waals surface area (Å²) in [6.07, 6.45) is 0.484. The van der Waals surface area contributed by atoms with Crippen LogP contribution < -0.4 is 22.1 Å². The number of nitrogens with two attached hydrogens (primary N) is 2. The van der Waals surface area contributed by atoms with Crippen molar-refractivity contribution in [2.75, 3.05) is 6.54 Å². The van der Waals surface area contributed by atoms with Crippen molar-refractivity contribution < 1.29 is 34.2 Å². The van der Waals surface area contributed by atoms with Gasteiger partial charge in [-0.05, 0) is 37.5 Å². The van der Waals surface area contributed by atoms with Crippen LogP contribution in [0, 0.1) is 0 Å². The van der Waals surface area contributed by atoms with Gasteiger partial charge in [-0.15, -0.1) is 0 Å². The van der Waals surface area contributed by atoms with Gasteiger partial charge in [-0.2, -0.15) is 0 Å². The van der Waals surface area contributed by atoms with Gasteiger partial charge < -0.3 is 37.2 Å². The van der Waals surface area contributed by atoms with E-state index in [4.69, 9.17) is 11.5 Å². The summed E-state index contributed by atoms with van der Waals surface area (Å²) < 4.78 is 0. The Kier molecular flexibility index (Phi) is 8.74. The Morgan fingerprint density at radius 3 is 2.36 bits per heavy atom. The van der Waals surface area contributed by atoms with Crippen LogP contribution >= 0.6 is 0 Å². The van der Waals surface area contributed by atoms with Crippen molar-refractivity contribution in [1.29, 1.82) is 0 Å². The summed E-state index contributed by atoms with van der Waals surface area (Å²) in [5.41, 5.74) is 11.2. The third-order valence-corrected chi connectivity index (χ3v) is 5.32. The number of likely N-dealkylation sites (tertiary alicyclic amines) is 1. The fourth-order valence-electron chi connectivity index (χ4n) is 3.58. The number of aromatic hydroxyl groups is 1.